The number of hydrogen-bond donors (Lipinski definition) is 2. The van der Waals surface area contributed by atoms with Gasteiger partial charge in [0.05, 0.1) is 0 Å². The van der Waals surface area contributed by atoms with Gasteiger partial charge in [0, 0.05) is 25.0 Å². The molecule has 2 rings (SSSR count). The minimum absolute atomic E-state index is 0.843. The van der Waals surface area contributed by atoms with Crippen molar-refractivity contribution in [3.8, 4) is 0 Å². The molecular weight excluding hydrogens is 174 g/mol. The number of nitrogens with zero attached hydrogens (tertiary/aromatic N) is 1. The molecule has 1 aromatic rings. The fourth-order valence-electron chi connectivity index (χ4n) is 2.08. The number of likely N-dealkylation sites (tertiary alicyclic amines) is 1. The third kappa shape index (κ3) is 2.59. The summed E-state index contributed by atoms with van der Waals surface area (Å²) in [5.41, 5.74) is 1.27. The van der Waals surface area contributed by atoms with Crippen molar-refractivity contribution in [2.45, 2.75) is 13.0 Å². The van der Waals surface area contributed by atoms with Crippen LogP contribution in [0.15, 0.2) is 18.3 Å². The van der Waals surface area contributed by atoms with Crippen LogP contribution in [0.25, 0.3) is 0 Å². The maximum Gasteiger partial charge on any atom is 0.0357 e. The highest BCUT2D eigenvalue weighted by Gasteiger charge is 2.18. The summed E-state index contributed by atoms with van der Waals surface area (Å²) in [6.07, 6.45) is 3.31. The van der Waals surface area contributed by atoms with E-state index in [0.717, 1.165) is 19.0 Å². The number of hydrogen-bond acceptors (Lipinski definition) is 2. The van der Waals surface area contributed by atoms with Crippen molar-refractivity contribution in [1.29, 1.82) is 0 Å². The van der Waals surface area contributed by atoms with E-state index in [0.29, 0.717) is 0 Å². The first-order valence-electron chi connectivity index (χ1n) is 5.36. The summed E-state index contributed by atoms with van der Waals surface area (Å²) in [4.78, 5) is 5.60. The Kier molecular flexibility index (Phi) is 3.22. The maximum atomic E-state index is 3.49. The molecule has 3 heteroatoms. The highest BCUT2D eigenvalue weighted by Crippen LogP contribution is 2.12. The van der Waals surface area contributed by atoms with E-state index in [9.17, 15) is 0 Å². The van der Waals surface area contributed by atoms with E-state index < -0.39 is 0 Å². The largest absolute Gasteiger partial charge is 0.364 e. The van der Waals surface area contributed by atoms with Gasteiger partial charge in [-0.2, -0.15) is 0 Å². The van der Waals surface area contributed by atoms with Gasteiger partial charge in [0.15, 0.2) is 0 Å². The van der Waals surface area contributed by atoms with Crippen LogP contribution in [-0.4, -0.2) is 36.6 Å². The smallest absolute Gasteiger partial charge is 0.0357 e. The fraction of sp³-hybridized carbons (Fsp3) is 0.636. The Morgan fingerprint density at radius 2 is 2.57 bits per heavy atom. The second-order valence-corrected chi connectivity index (χ2v) is 4.24. The number of H-pyrrole nitrogens is 1. The standard InChI is InChI=1S/C11H19N3/c1-14-6-4-10(9-14)7-12-8-11-3-2-5-13-11/h2-3,5,10,12-13H,4,6-9H2,1H3. The Hall–Kier alpha value is -0.800. The predicted molar refractivity (Wildman–Crippen MR) is 58.1 cm³/mol. The van der Waals surface area contributed by atoms with Gasteiger partial charge in [-0.15, -0.1) is 0 Å². The van der Waals surface area contributed by atoms with Crippen molar-refractivity contribution < 1.29 is 0 Å². The summed E-state index contributed by atoms with van der Waals surface area (Å²) < 4.78 is 0. The van der Waals surface area contributed by atoms with Crippen molar-refractivity contribution >= 4 is 0 Å². The van der Waals surface area contributed by atoms with E-state index in [4.69, 9.17) is 0 Å². The van der Waals surface area contributed by atoms with Gasteiger partial charge in [-0.1, -0.05) is 0 Å². The zero-order chi connectivity index (χ0) is 9.80. The van der Waals surface area contributed by atoms with Gasteiger partial charge < -0.3 is 15.2 Å². The van der Waals surface area contributed by atoms with Crippen molar-refractivity contribution in [3.63, 3.8) is 0 Å². The molecule has 1 aromatic heterocycles. The summed E-state index contributed by atoms with van der Waals surface area (Å²) in [6, 6.07) is 4.16. The van der Waals surface area contributed by atoms with Crippen molar-refractivity contribution in [2.24, 2.45) is 5.92 Å². The Labute approximate surface area is 85.5 Å². The maximum absolute atomic E-state index is 3.49. The Morgan fingerprint density at radius 1 is 1.64 bits per heavy atom. The lowest BCUT2D eigenvalue weighted by atomic mass is 10.1. The zero-order valence-corrected chi connectivity index (χ0v) is 8.79. The van der Waals surface area contributed by atoms with E-state index in [1.54, 1.807) is 0 Å². The summed E-state index contributed by atoms with van der Waals surface area (Å²) in [7, 11) is 2.20. The SMILES string of the molecule is CN1CCC(CNCc2ccc[nH]2)C1. The molecule has 0 bridgehead atoms. The topological polar surface area (TPSA) is 31.1 Å². The van der Waals surface area contributed by atoms with Gasteiger partial charge in [-0.3, -0.25) is 0 Å². The van der Waals surface area contributed by atoms with E-state index in [1.165, 1.54) is 25.2 Å². The Bertz CT molecular complexity index is 256. The van der Waals surface area contributed by atoms with Crippen LogP contribution in [0.3, 0.4) is 0 Å². The minimum atomic E-state index is 0.843. The Balaban J connectivity index is 1.64. The van der Waals surface area contributed by atoms with Crippen LogP contribution in [0.5, 0.6) is 0 Å². The first-order valence-corrected chi connectivity index (χ1v) is 5.36. The first-order chi connectivity index (χ1) is 6.84. The van der Waals surface area contributed by atoms with Crippen molar-refractivity contribution in [1.82, 2.24) is 15.2 Å². The molecule has 1 aliphatic rings. The molecule has 1 aliphatic heterocycles. The van der Waals surface area contributed by atoms with E-state index in [1.807, 2.05) is 12.3 Å². The van der Waals surface area contributed by atoms with Crippen LogP contribution in [0, 0.1) is 5.92 Å². The molecule has 14 heavy (non-hydrogen) atoms. The quantitative estimate of drug-likeness (QED) is 0.749. The van der Waals surface area contributed by atoms with Crippen LogP contribution in [0.1, 0.15) is 12.1 Å². The van der Waals surface area contributed by atoms with Crippen LogP contribution >= 0.6 is 0 Å². The third-order valence-corrected chi connectivity index (χ3v) is 2.90. The second kappa shape index (κ2) is 4.62. The summed E-state index contributed by atoms with van der Waals surface area (Å²) in [6.45, 7) is 4.61. The van der Waals surface area contributed by atoms with Crippen LogP contribution < -0.4 is 5.32 Å². The van der Waals surface area contributed by atoms with Gasteiger partial charge in [0.25, 0.3) is 0 Å². The average molecular weight is 193 g/mol. The van der Waals surface area contributed by atoms with E-state index >= 15 is 0 Å². The zero-order valence-electron chi connectivity index (χ0n) is 8.79. The average Bonchev–Trinajstić information content (AvgIpc) is 2.77. The molecule has 1 saturated heterocycles. The van der Waals surface area contributed by atoms with Gasteiger partial charge in [-0.05, 0) is 44.6 Å². The molecule has 0 aromatic carbocycles. The van der Waals surface area contributed by atoms with Gasteiger partial charge in [0.2, 0.25) is 0 Å². The van der Waals surface area contributed by atoms with Crippen molar-refractivity contribution in [3.05, 3.63) is 24.0 Å². The molecule has 3 nitrogen and oxygen atoms in total. The lowest BCUT2D eigenvalue weighted by Crippen LogP contribution is -2.24. The monoisotopic (exact) mass is 193 g/mol. The molecule has 0 spiro atoms. The van der Waals surface area contributed by atoms with Gasteiger partial charge >= 0.3 is 0 Å². The van der Waals surface area contributed by atoms with E-state index in [2.05, 4.69) is 28.3 Å². The number of aromatic nitrogens is 1. The molecule has 0 radical (unpaired) electrons. The van der Waals surface area contributed by atoms with Crippen LogP contribution in [-0.2, 0) is 6.54 Å². The lowest BCUT2D eigenvalue weighted by molar-refractivity contribution is 0.388. The second-order valence-electron chi connectivity index (χ2n) is 4.24. The minimum Gasteiger partial charge on any atom is -0.364 e. The summed E-state index contributed by atoms with van der Waals surface area (Å²) >= 11 is 0. The van der Waals surface area contributed by atoms with E-state index in [-0.39, 0.29) is 0 Å². The highest BCUT2D eigenvalue weighted by molar-refractivity contribution is 5.02. The molecule has 0 aliphatic carbocycles. The normalized spacial score (nSPS) is 23.1. The molecule has 0 amide bonds. The molecule has 1 atom stereocenters. The van der Waals surface area contributed by atoms with Gasteiger partial charge in [-0.25, -0.2) is 0 Å². The van der Waals surface area contributed by atoms with Crippen molar-refractivity contribution in [2.75, 3.05) is 26.7 Å². The molecule has 1 fully saturated rings. The summed E-state index contributed by atoms with van der Waals surface area (Å²) in [5, 5.41) is 3.49. The van der Waals surface area contributed by atoms with Gasteiger partial charge in [0.1, 0.15) is 0 Å². The first kappa shape index (κ1) is 9.74. The highest BCUT2D eigenvalue weighted by atomic mass is 15.1. The third-order valence-electron chi connectivity index (χ3n) is 2.90. The fourth-order valence-corrected chi connectivity index (χ4v) is 2.08. The molecule has 0 saturated carbocycles. The van der Waals surface area contributed by atoms with Crippen LogP contribution in [0.4, 0.5) is 0 Å². The molecule has 1 unspecified atom stereocenters. The number of nitrogens with one attached hydrogen (secondary N) is 2. The number of rotatable bonds is 4. The number of aromatic amines is 1. The van der Waals surface area contributed by atoms with Crippen LogP contribution in [0.2, 0.25) is 0 Å². The Morgan fingerprint density at radius 3 is 3.21 bits per heavy atom. The lowest BCUT2D eigenvalue weighted by Gasteiger charge is -2.10. The molecule has 78 valence electrons. The molecule has 2 heterocycles. The molecular formula is C11H19N3. The molecule has 2 N–H and O–H groups in total. The summed E-state index contributed by atoms with van der Waals surface area (Å²) in [5.74, 6) is 0.843. The predicted octanol–water partition coefficient (Wildman–Crippen LogP) is 1.06.